The van der Waals surface area contributed by atoms with Gasteiger partial charge in [-0.25, -0.2) is 9.18 Å². The molecule has 7 nitrogen and oxygen atoms in total. The van der Waals surface area contributed by atoms with Crippen LogP contribution in [-0.4, -0.2) is 28.1 Å². The molecule has 0 atom stereocenters. The Morgan fingerprint density at radius 3 is 2.39 bits per heavy atom. The maximum absolute atomic E-state index is 13.4. The summed E-state index contributed by atoms with van der Waals surface area (Å²) < 4.78 is 16.2. The molecule has 1 saturated heterocycles. The second kappa shape index (κ2) is 9.44. The van der Waals surface area contributed by atoms with Gasteiger partial charge in [-0.1, -0.05) is 24.3 Å². The van der Waals surface area contributed by atoms with Crippen LogP contribution in [0.25, 0.3) is 5.69 Å². The van der Waals surface area contributed by atoms with E-state index in [0.717, 1.165) is 0 Å². The molecule has 2 aromatic carbocycles. The summed E-state index contributed by atoms with van der Waals surface area (Å²) in [6.45, 7) is 4.85. The second-order valence-corrected chi connectivity index (χ2v) is 8.20. The molecular formula is C25H27FN4O3. The van der Waals surface area contributed by atoms with E-state index in [0.29, 0.717) is 48.7 Å². The highest BCUT2D eigenvalue weighted by Gasteiger charge is 2.29. The number of hydrogen-bond acceptors (Lipinski definition) is 4. The standard InChI is InChI=1S/C25H27FN4O3/c1-3-29-24(32)22(17(2)30(25(29)33)21-10-5-4-6-11-21)28-14-12-18(13-15-28)23(31)27-20-9-7-8-19(26)16-20/h4-11,16,18H,3,12-15H2,1-2H3,(H,27,31). The topological polar surface area (TPSA) is 76.3 Å². The summed E-state index contributed by atoms with van der Waals surface area (Å²) in [5.41, 5.74) is 1.54. The van der Waals surface area contributed by atoms with E-state index in [1.165, 1.54) is 16.7 Å². The molecule has 1 aromatic heterocycles. The van der Waals surface area contributed by atoms with Crippen molar-refractivity contribution in [3.8, 4) is 5.69 Å². The lowest BCUT2D eigenvalue weighted by Gasteiger charge is -2.34. The molecule has 2 heterocycles. The van der Waals surface area contributed by atoms with Gasteiger partial charge in [0, 0.05) is 31.2 Å². The number of aromatic nitrogens is 2. The zero-order chi connectivity index (χ0) is 23.5. The molecule has 1 aliphatic rings. The SMILES string of the molecule is CCn1c(=O)c(N2CCC(C(=O)Nc3cccc(F)c3)CC2)c(C)n(-c2ccccc2)c1=O. The zero-order valence-electron chi connectivity index (χ0n) is 18.8. The van der Waals surface area contributed by atoms with Crippen LogP contribution in [0.2, 0.25) is 0 Å². The predicted octanol–water partition coefficient (Wildman–Crippen LogP) is 3.32. The second-order valence-electron chi connectivity index (χ2n) is 8.20. The average molecular weight is 451 g/mol. The first-order chi connectivity index (χ1) is 15.9. The van der Waals surface area contributed by atoms with Gasteiger partial charge in [-0.3, -0.25) is 18.7 Å². The van der Waals surface area contributed by atoms with Crippen molar-refractivity contribution in [1.82, 2.24) is 9.13 Å². The monoisotopic (exact) mass is 450 g/mol. The van der Waals surface area contributed by atoms with Gasteiger partial charge in [-0.15, -0.1) is 0 Å². The van der Waals surface area contributed by atoms with Crippen LogP contribution < -0.4 is 21.5 Å². The van der Waals surface area contributed by atoms with Crippen molar-refractivity contribution in [2.45, 2.75) is 33.2 Å². The molecule has 1 N–H and O–H groups in total. The Labute approximate surface area is 191 Å². The first kappa shape index (κ1) is 22.5. The Balaban J connectivity index is 1.59. The lowest BCUT2D eigenvalue weighted by molar-refractivity contribution is -0.120. The minimum atomic E-state index is -0.404. The summed E-state index contributed by atoms with van der Waals surface area (Å²) in [4.78, 5) is 40.9. The third-order valence-electron chi connectivity index (χ3n) is 6.15. The number of carbonyl (C=O) groups excluding carboxylic acids is 1. The third-order valence-corrected chi connectivity index (χ3v) is 6.15. The number of anilines is 2. The van der Waals surface area contributed by atoms with Gasteiger partial charge >= 0.3 is 5.69 Å². The zero-order valence-corrected chi connectivity index (χ0v) is 18.8. The highest BCUT2D eigenvalue weighted by atomic mass is 19.1. The van der Waals surface area contributed by atoms with Gasteiger partial charge in [0.05, 0.1) is 11.4 Å². The van der Waals surface area contributed by atoms with Crippen molar-refractivity contribution in [2.24, 2.45) is 5.92 Å². The van der Waals surface area contributed by atoms with Crippen molar-refractivity contribution in [3.63, 3.8) is 0 Å². The molecule has 33 heavy (non-hydrogen) atoms. The summed E-state index contributed by atoms with van der Waals surface area (Å²) in [6.07, 6.45) is 1.10. The van der Waals surface area contributed by atoms with Gasteiger partial charge in [-0.05, 0) is 57.0 Å². The fourth-order valence-corrected chi connectivity index (χ4v) is 4.44. The van der Waals surface area contributed by atoms with E-state index in [9.17, 15) is 18.8 Å². The van der Waals surface area contributed by atoms with Crippen molar-refractivity contribution < 1.29 is 9.18 Å². The molecule has 172 valence electrons. The molecule has 0 unspecified atom stereocenters. The van der Waals surface area contributed by atoms with Gasteiger partial charge in [0.15, 0.2) is 0 Å². The van der Waals surface area contributed by atoms with E-state index in [-0.39, 0.29) is 29.6 Å². The highest BCUT2D eigenvalue weighted by molar-refractivity contribution is 5.92. The lowest BCUT2D eigenvalue weighted by atomic mass is 9.95. The number of para-hydroxylation sites is 1. The molecule has 3 aromatic rings. The van der Waals surface area contributed by atoms with E-state index in [4.69, 9.17) is 0 Å². The van der Waals surface area contributed by atoms with E-state index in [2.05, 4.69) is 5.32 Å². The van der Waals surface area contributed by atoms with Crippen LogP contribution in [0.3, 0.4) is 0 Å². The maximum atomic E-state index is 13.4. The molecule has 1 amide bonds. The van der Waals surface area contributed by atoms with Crippen LogP contribution in [-0.2, 0) is 11.3 Å². The molecule has 0 spiro atoms. The number of carbonyl (C=O) groups is 1. The number of amides is 1. The van der Waals surface area contributed by atoms with Gasteiger partial charge in [0.2, 0.25) is 5.91 Å². The Hall–Kier alpha value is -3.68. The normalized spacial score (nSPS) is 14.3. The van der Waals surface area contributed by atoms with E-state index >= 15 is 0 Å². The Morgan fingerprint density at radius 1 is 1.06 bits per heavy atom. The molecular weight excluding hydrogens is 423 g/mol. The van der Waals surface area contributed by atoms with Gasteiger partial charge in [-0.2, -0.15) is 0 Å². The number of piperidine rings is 1. The molecule has 0 saturated carbocycles. The predicted molar refractivity (Wildman–Crippen MR) is 127 cm³/mol. The van der Waals surface area contributed by atoms with Gasteiger partial charge < -0.3 is 10.2 Å². The smallest absolute Gasteiger partial charge is 0.335 e. The Kier molecular flexibility index (Phi) is 6.44. The Bertz CT molecular complexity index is 1280. The van der Waals surface area contributed by atoms with Gasteiger partial charge in [0.1, 0.15) is 11.5 Å². The van der Waals surface area contributed by atoms with Crippen molar-refractivity contribution in [2.75, 3.05) is 23.3 Å². The highest BCUT2D eigenvalue weighted by Crippen LogP contribution is 2.25. The fourth-order valence-electron chi connectivity index (χ4n) is 4.44. The van der Waals surface area contributed by atoms with Gasteiger partial charge in [0.25, 0.3) is 5.56 Å². The van der Waals surface area contributed by atoms with Crippen molar-refractivity contribution in [1.29, 1.82) is 0 Å². The minimum absolute atomic E-state index is 0.155. The lowest BCUT2D eigenvalue weighted by Crippen LogP contribution is -2.46. The van der Waals surface area contributed by atoms with Crippen LogP contribution in [0, 0.1) is 18.7 Å². The molecule has 1 aliphatic heterocycles. The van der Waals surface area contributed by atoms with Crippen LogP contribution in [0.4, 0.5) is 15.8 Å². The largest absolute Gasteiger partial charge is 0.366 e. The molecule has 0 radical (unpaired) electrons. The number of rotatable bonds is 5. The summed E-state index contributed by atoms with van der Waals surface area (Å²) in [5.74, 6) is -0.797. The number of nitrogens with one attached hydrogen (secondary N) is 1. The van der Waals surface area contributed by atoms with Crippen molar-refractivity contribution in [3.05, 3.63) is 86.9 Å². The first-order valence-corrected chi connectivity index (χ1v) is 11.1. The van der Waals surface area contributed by atoms with Crippen LogP contribution in [0.15, 0.2) is 64.2 Å². The number of benzene rings is 2. The van der Waals surface area contributed by atoms with Crippen LogP contribution >= 0.6 is 0 Å². The minimum Gasteiger partial charge on any atom is -0.366 e. The summed E-state index contributed by atoms with van der Waals surface area (Å²) >= 11 is 0. The van der Waals surface area contributed by atoms with Crippen molar-refractivity contribution >= 4 is 17.3 Å². The van der Waals surface area contributed by atoms with E-state index in [1.807, 2.05) is 35.2 Å². The third kappa shape index (κ3) is 4.46. The quantitative estimate of drug-likeness (QED) is 0.647. The summed E-state index contributed by atoms with van der Waals surface area (Å²) in [5, 5.41) is 2.78. The van der Waals surface area contributed by atoms with E-state index in [1.54, 1.807) is 30.5 Å². The number of halogens is 1. The maximum Gasteiger partial charge on any atom is 0.335 e. The van der Waals surface area contributed by atoms with E-state index < -0.39 is 5.82 Å². The van der Waals surface area contributed by atoms with Crippen LogP contribution in [0.1, 0.15) is 25.5 Å². The number of nitrogens with zero attached hydrogens (tertiary/aromatic N) is 3. The molecule has 1 fully saturated rings. The molecule has 8 heteroatoms. The van der Waals surface area contributed by atoms with Crippen LogP contribution in [0.5, 0.6) is 0 Å². The average Bonchev–Trinajstić information content (AvgIpc) is 2.80. The number of hydrogen-bond donors (Lipinski definition) is 1. The summed E-state index contributed by atoms with van der Waals surface area (Å²) in [6, 6.07) is 15.1. The fraction of sp³-hybridized carbons (Fsp3) is 0.320. The molecule has 4 rings (SSSR count). The molecule has 0 bridgehead atoms. The molecule has 0 aliphatic carbocycles. The Morgan fingerprint density at radius 2 is 1.76 bits per heavy atom. The summed E-state index contributed by atoms with van der Waals surface area (Å²) in [7, 11) is 0. The first-order valence-electron chi connectivity index (χ1n) is 11.1.